The molecule has 2 amide bonds. The Morgan fingerprint density at radius 1 is 1.11 bits per heavy atom. The van der Waals surface area contributed by atoms with Gasteiger partial charge in [-0.3, -0.25) is 9.69 Å². The fourth-order valence-electron chi connectivity index (χ4n) is 2.80. The van der Waals surface area contributed by atoms with Crippen molar-refractivity contribution in [1.29, 1.82) is 0 Å². The van der Waals surface area contributed by atoms with Crippen LogP contribution in [0.4, 0.5) is 4.79 Å². The highest BCUT2D eigenvalue weighted by Gasteiger charge is 2.35. The van der Waals surface area contributed by atoms with Crippen LogP contribution in [0.1, 0.15) is 25.7 Å². The van der Waals surface area contributed by atoms with Crippen molar-refractivity contribution in [3.05, 3.63) is 0 Å². The zero-order valence-corrected chi connectivity index (χ0v) is 11.6. The van der Waals surface area contributed by atoms with E-state index in [2.05, 4.69) is 5.32 Å². The number of hydrogen-bond donors (Lipinski definition) is 1. The van der Waals surface area contributed by atoms with Crippen LogP contribution in [-0.4, -0.2) is 67.7 Å². The van der Waals surface area contributed by atoms with Crippen LogP contribution in [0.3, 0.4) is 0 Å². The molecule has 0 aromatic heterocycles. The highest BCUT2D eigenvalue weighted by molar-refractivity contribution is 5.86. The molecule has 0 aliphatic carbocycles. The van der Waals surface area contributed by atoms with E-state index in [1.807, 2.05) is 4.90 Å². The number of rotatable bonds is 1. The van der Waals surface area contributed by atoms with Gasteiger partial charge < -0.3 is 15.0 Å². The van der Waals surface area contributed by atoms with Gasteiger partial charge in [-0.05, 0) is 32.2 Å². The van der Waals surface area contributed by atoms with Crippen LogP contribution in [0.25, 0.3) is 0 Å². The smallest absolute Gasteiger partial charge is 0.410 e. The van der Waals surface area contributed by atoms with Crippen LogP contribution in [0.15, 0.2) is 0 Å². The van der Waals surface area contributed by atoms with Crippen molar-refractivity contribution in [3.63, 3.8) is 0 Å². The summed E-state index contributed by atoms with van der Waals surface area (Å²) in [6.45, 7) is 3.91. The lowest BCUT2D eigenvalue weighted by Gasteiger charge is -2.36. The maximum Gasteiger partial charge on any atom is 0.410 e. The van der Waals surface area contributed by atoms with Gasteiger partial charge in [-0.2, -0.15) is 0 Å². The molecular weight excluding hydrogens is 246 g/mol. The second-order valence-electron chi connectivity index (χ2n) is 5.10. The Bertz CT molecular complexity index is 327. The number of carbonyl (C=O) groups is 2. The molecule has 108 valence electrons. The van der Waals surface area contributed by atoms with E-state index < -0.39 is 0 Å². The highest BCUT2D eigenvalue weighted by Crippen LogP contribution is 2.20. The molecule has 0 aromatic rings. The van der Waals surface area contributed by atoms with Crippen LogP contribution in [0.2, 0.25) is 0 Å². The predicted molar refractivity (Wildman–Crippen MR) is 70.8 cm³/mol. The first-order chi connectivity index (χ1) is 9.24. The number of ether oxygens (including phenoxy) is 1. The molecule has 2 aliphatic heterocycles. The summed E-state index contributed by atoms with van der Waals surface area (Å²) >= 11 is 0. The first kappa shape index (κ1) is 14.1. The number of nitrogens with zero attached hydrogens (tertiary/aromatic N) is 2. The molecule has 19 heavy (non-hydrogen) atoms. The number of carbonyl (C=O) groups excluding carboxylic acids is 2. The van der Waals surface area contributed by atoms with Crippen LogP contribution in [-0.2, 0) is 9.53 Å². The number of nitrogens with one attached hydrogen (secondary N) is 1. The van der Waals surface area contributed by atoms with Gasteiger partial charge in [0.05, 0.1) is 7.11 Å². The Morgan fingerprint density at radius 2 is 1.95 bits per heavy atom. The van der Waals surface area contributed by atoms with Gasteiger partial charge in [0.25, 0.3) is 0 Å². The van der Waals surface area contributed by atoms with E-state index in [4.69, 9.17) is 4.74 Å². The summed E-state index contributed by atoms with van der Waals surface area (Å²) < 4.78 is 4.79. The van der Waals surface area contributed by atoms with Crippen molar-refractivity contribution < 1.29 is 14.3 Å². The maximum atomic E-state index is 12.6. The average Bonchev–Trinajstić information content (AvgIpc) is 2.74. The summed E-state index contributed by atoms with van der Waals surface area (Å²) in [5, 5.41) is 3.28. The third kappa shape index (κ3) is 3.37. The van der Waals surface area contributed by atoms with Crippen molar-refractivity contribution in [2.45, 2.75) is 31.7 Å². The zero-order valence-electron chi connectivity index (χ0n) is 11.6. The highest BCUT2D eigenvalue weighted by atomic mass is 16.5. The van der Waals surface area contributed by atoms with Gasteiger partial charge in [-0.25, -0.2) is 4.79 Å². The molecular formula is C13H23N3O3. The number of methoxy groups -OCH3 is 1. The predicted octanol–water partition coefficient (Wildman–Crippen LogP) is 0.429. The van der Waals surface area contributed by atoms with Gasteiger partial charge in [0.2, 0.25) is 5.91 Å². The molecule has 0 spiro atoms. The van der Waals surface area contributed by atoms with Gasteiger partial charge >= 0.3 is 6.09 Å². The monoisotopic (exact) mass is 269 g/mol. The molecule has 1 N–H and O–H groups in total. The van der Waals surface area contributed by atoms with Crippen molar-refractivity contribution in [1.82, 2.24) is 15.1 Å². The number of likely N-dealkylation sites (tertiary alicyclic amines) is 1. The molecule has 0 unspecified atom stereocenters. The van der Waals surface area contributed by atoms with E-state index in [9.17, 15) is 9.59 Å². The summed E-state index contributed by atoms with van der Waals surface area (Å²) in [6.07, 6.45) is 3.27. The summed E-state index contributed by atoms with van der Waals surface area (Å²) in [5.41, 5.74) is 0. The summed E-state index contributed by atoms with van der Waals surface area (Å²) in [4.78, 5) is 27.8. The number of piperidine rings is 1. The molecule has 6 heteroatoms. The molecule has 0 radical (unpaired) electrons. The lowest BCUT2D eigenvalue weighted by atomic mass is 10.0. The molecule has 2 rings (SSSR count). The second kappa shape index (κ2) is 6.75. The van der Waals surface area contributed by atoms with Gasteiger partial charge in [0.15, 0.2) is 0 Å². The van der Waals surface area contributed by atoms with E-state index in [-0.39, 0.29) is 18.0 Å². The standard InChI is InChI=1S/C13H23N3O3/c1-19-13(18)16-9-3-2-5-11(16)12(17)15-8-4-6-14-7-10-15/h11,14H,2-10H2,1H3/t11-/m1/s1. The molecule has 2 heterocycles. The molecule has 2 saturated heterocycles. The van der Waals surface area contributed by atoms with Gasteiger partial charge in [0, 0.05) is 26.2 Å². The van der Waals surface area contributed by atoms with Crippen LogP contribution in [0.5, 0.6) is 0 Å². The van der Waals surface area contributed by atoms with E-state index in [1.165, 1.54) is 7.11 Å². The van der Waals surface area contributed by atoms with Crippen LogP contribution >= 0.6 is 0 Å². The lowest BCUT2D eigenvalue weighted by Crippen LogP contribution is -2.53. The molecule has 2 aliphatic rings. The fraction of sp³-hybridized carbons (Fsp3) is 0.846. The minimum absolute atomic E-state index is 0.0776. The number of amides is 2. The second-order valence-corrected chi connectivity index (χ2v) is 5.10. The first-order valence-electron chi connectivity index (χ1n) is 7.08. The Labute approximate surface area is 114 Å². The number of hydrogen-bond acceptors (Lipinski definition) is 4. The Kier molecular flexibility index (Phi) is 5.01. The van der Waals surface area contributed by atoms with Gasteiger partial charge in [-0.1, -0.05) is 0 Å². The molecule has 0 bridgehead atoms. The molecule has 1 atom stereocenters. The minimum atomic E-state index is -0.383. The third-order valence-electron chi connectivity index (χ3n) is 3.85. The Balaban J connectivity index is 2.03. The summed E-state index contributed by atoms with van der Waals surface area (Å²) in [6, 6.07) is -0.334. The van der Waals surface area contributed by atoms with Crippen molar-refractivity contribution in [2.75, 3.05) is 39.8 Å². The maximum absolute atomic E-state index is 12.6. The van der Waals surface area contributed by atoms with Crippen molar-refractivity contribution in [3.8, 4) is 0 Å². The van der Waals surface area contributed by atoms with Crippen LogP contribution in [0, 0.1) is 0 Å². The molecule has 6 nitrogen and oxygen atoms in total. The first-order valence-corrected chi connectivity index (χ1v) is 7.08. The average molecular weight is 269 g/mol. The van der Waals surface area contributed by atoms with E-state index >= 15 is 0 Å². The topological polar surface area (TPSA) is 61.9 Å². The molecule has 2 fully saturated rings. The molecule has 0 aromatic carbocycles. The van der Waals surface area contributed by atoms with E-state index in [1.54, 1.807) is 4.90 Å². The molecule has 0 saturated carbocycles. The lowest BCUT2D eigenvalue weighted by molar-refractivity contribution is -0.137. The zero-order chi connectivity index (χ0) is 13.7. The van der Waals surface area contributed by atoms with Crippen molar-refractivity contribution in [2.24, 2.45) is 0 Å². The van der Waals surface area contributed by atoms with E-state index in [0.717, 1.165) is 51.9 Å². The minimum Gasteiger partial charge on any atom is -0.453 e. The largest absolute Gasteiger partial charge is 0.453 e. The van der Waals surface area contributed by atoms with Gasteiger partial charge in [-0.15, -0.1) is 0 Å². The fourth-order valence-corrected chi connectivity index (χ4v) is 2.80. The SMILES string of the molecule is COC(=O)N1CCCC[C@@H]1C(=O)N1CCCNCC1. The normalized spacial score (nSPS) is 24.8. The van der Waals surface area contributed by atoms with Crippen molar-refractivity contribution >= 4 is 12.0 Å². The van der Waals surface area contributed by atoms with Crippen LogP contribution < -0.4 is 5.32 Å². The quantitative estimate of drug-likeness (QED) is 0.750. The summed E-state index contributed by atoms with van der Waals surface area (Å²) in [5.74, 6) is 0.0776. The summed E-state index contributed by atoms with van der Waals surface area (Å²) in [7, 11) is 1.37. The van der Waals surface area contributed by atoms with E-state index in [0.29, 0.717) is 6.54 Å². The third-order valence-corrected chi connectivity index (χ3v) is 3.85. The Hall–Kier alpha value is -1.30. The van der Waals surface area contributed by atoms with Gasteiger partial charge in [0.1, 0.15) is 6.04 Å². The Morgan fingerprint density at radius 3 is 2.74 bits per heavy atom.